The molecule has 1 unspecified atom stereocenters. The Labute approximate surface area is 175 Å². The molecule has 5 heteroatoms. The SMILES string of the molecule is O=C1CCCCCC1Sc1nc2ccccc2c(=O)n1CCCc1ccccc1. The van der Waals surface area contributed by atoms with Gasteiger partial charge in [0.2, 0.25) is 0 Å². The minimum atomic E-state index is -0.0917. The van der Waals surface area contributed by atoms with Gasteiger partial charge in [-0.15, -0.1) is 0 Å². The number of fused-ring (bicyclic) bond motifs is 1. The standard InChI is InChI=1S/C24H26N2O2S/c27-21-15-5-2-6-16-22(21)29-24-25-20-14-8-7-13-19(20)23(28)26(24)17-9-12-18-10-3-1-4-11-18/h1,3-4,7-8,10-11,13-14,22H,2,5-6,9,12,15-17H2. The molecule has 0 N–H and O–H groups in total. The van der Waals surface area contributed by atoms with Gasteiger partial charge in [0, 0.05) is 13.0 Å². The zero-order chi connectivity index (χ0) is 20.1. The molecule has 4 rings (SSSR count). The lowest BCUT2D eigenvalue weighted by atomic mass is 10.1. The van der Waals surface area contributed by atoms with E-state index in [2.05, 4.69) is 12.1 Å². The van der Waals surface area contributed by atoms with Gasteiger partial charge in [-0.05, 0) is 43.4 Å². The summed E-state index contributed by atoms with van der Waals surface area (Å²) in [5, 5.41) is 1.23. The molecule has 1 aromatic heterocycles. The second-order valence-electron chi connectivity index (χ2n) is 7.63. The number of Topliss-reactive ketones (excluding diaryl/α,β-unsaturated/α-hetero) is 1. The fraction of sp³-hybridized carbons (Fsp3) is 0.375. The smallest absolute Gasteiger partial charge is 0.262 e. The highest BCUT2D eigenvalue weighted by Crippen LogP contribution is 2.30. The molecule has 0 radical (unpaired) electrons. The number of benzene rings is 2. The molecule has 0 spiro atoms. The Morgan fingerprint density at radius 1 is 0.966 bits per heavy atom. The number of thioether (sulfide) groups is 1. The van der Waals surface area contributed by atoms with Crippen molar-refractivity contribution in [1.82, 2.24) is 9.55 Å². The van der Waals surface area contributed by atoms with Crippen molar-refractivity contribution >= 4 is 28.4 Å². The van der Waals surface area contributed by atoms with Gasteiger partial charge < -0.3 is 0 Å². The molecule has 3 aromatic rings. The maximum atomic E-state index is 13.2. The van der Waals surface area contributed by atoms with Gasteiger partial charge in [0.25, 0.3) is 5.56 Å². The van der Waals surface area contributed by atoms with Crippen molar-refractivity contribution in [3.8, 4) is 0 Å². The van der Waals surface area contributed by atoms with E-state index in [-0.39, 0.29) is 10.8 Å². The Bertz CT molecular complexity index is 1050. The van der Waals surface area contributed by atoms with E-state index >= 15 is 0 Å². The minimum Gasteiger partial charge on any atom is -0.298 e. The predicted molar refractivity (Wildman–Crippen MR) is 119 cm³/mol. The number of nitrogens with zero attached hydrogens (tertiary/aromatic N) is 2. The molecule has 1 aliphatic rings. The fourth-order valence-corrected chi connectivity index (χ4v) is 5.14. The molecule has 4 nitrogen and oxygen atoms in total. The van der Waals surface area contributed by atoms with Gasteiger partial charge >= 0.3 is 0 Å². The van der Waals surface area contributed by atoms with Gasteiger partial charge in [-0.2, -0.15) is 0 Å². The van der Waals surface area contributed by atoms with Crippen molar-refractivity contribution in [1.29, 1.82) is 0 Å². The van der Waals surface area contributed by atoms with Crippen molar-refractivity contribution in [2.45, 2.75) is 61.9 Å². The van der Waals surface area contributed by atoms with E-state index in [0.29, 0.717) is 34.8 Å². The molecule has 0 aliphatic heterocycles. The number of carbonyl (C=O) groups is 1. The lowest BCUT2D eigenvalue weighted by Gasteiger charge is -2.17. The molecule has 1 heterocycles. The number of para-hydroxylation sites is 1. The van der Waals surface area contributed by atoms with Crippen molar-refractivity contribution in [2.24, 2.45) is 0 Å². The zero-order valence-electron chi connectivity index (χ0n) is 16.5. The first-order valence-corrected chi connectivity index (χ1v) is 11.3. The number of hydrogen-bond acceptors (Lipinski definition) is 4. The van der Waals surface area contributed by atoms with Gasteiger partial charge in [-0.25, -0.2) is 4.98 Å². The van der Waals surface area contributed by atoms with Crippen LogP contribution in [0.2, 0.25) is 0 Å². The monoisotopic (exact) mass is 406 g/mol. The lowest BCUT2D eigenvalue weighted by Crippen LogP contribution is -2.25. The molecule has 0 amide bonds. The third kappa shape index (κ3) is 4.78. The Balaban J connectivity index is 1.62. The van der Waals surface area contributed by atoms with E-state index in [4.69, 9.17) is 4.98 Å². The molecule has 0 saturated heterocycles. The summed E-state index contributed by atoms with van der Waals surface area (Å²) in [5.74, 6) is 0.297. The third-order valence-corrected chi connectivity index (χ3v) is 6.82. The van der Waals surface area contributed by atoms with E-state index in [1.165, 1.54) is 17.3 Å². The van der Waals surface area contributed by atoms with Crippen LogP contribution in [0.1, 0.15) is 44.1 Å². The number of aromatic nitrogens is 2. The first-order valence-electron chi connectivity index (χ1n) is 10.5. The van der Waals surface area contributed by atoms with Crippen LogP contribution in [0.15, 0.2) is 64.5 Å². The summed E-state index contributed by atoms with van der Waals surface area (Å²) >= 11 is 1.49. The summed E-state index contributed by atoms with van der Waals surface area (Å²) in [5.41, 5.74) is 1.97. The first-order chi connectivity index (χ1) is 14.2. The third-order valence-electron chi connectivity index (χ3n) is 5.51. The molecule has 1 aliphatic carbocycles. The molecular weight excluding hydrogens is 380 g/mol. The predicted octanol–water partition coefficient (Wildman–Crippen LogP) is 5.02. The number of carbonyl (C=O) groups excluding carboxylic acids is 1. The van der Waals surface area contributed by atoms with E-state index in [9.17, 15) is 9.59 Å². The van der Waals surface area contributed by atoms with Gasteiger partial charge in [0.1, 0.15) is 5.78 Å². The summed E-state index contributed by atoms with van der Waals surface area (Å²) in [4.78, 5) is 30.5. The largest absolute Gasteiger partial charge is 0.298 e. The number of ketones is 1. The molecule has 1 saturated carbocycles. The van der Waals surface area contributed by atoms with Crippen LogP contribution in [0.4, 0.5) is 0 Å². The second kappa shape index (κ2) is 9.40. The molecule has 29 heavy (non-hydrogen) atoms. The fourth-order valence-electron chi connectivity index (χ4n) is 3.90. The maximum absolute atomic E-state index is 13.2. The Morgan fingerprint density at radius 3 is 2.62 bits per heavy atom. The van der Waals surface area contributed by atoms with E-state index in [1.807, 2.05) is 42.5 Å². The molecule has 2 aromatic carbocycles. The van der Waals surface area contributed by atoms with Crippen LogP contribution in [-0.2, 0) is 17.8 Å². The van der Waals surface area contributed by atoms with E-state index in [1.54, 1.807) is 4.57 Å². The summed E-state index contributed by atoms with van der Waals surface area (Å²) < 4.78 is 1.79. The highest BCUT2D eigenvalue weighted by molar-refractivity contribution is 8.00. The summed E-state index contributed by atoms with van der Waals surface area (Å²) in [6.07, 6.45) is 6.43. The molecule has 1 atom stereocenters. The second-order valence-corrected chi connectivity index (χ2v) is 8.80. The van der Waals surface area contributed by atoms with Crippen LogP contribution in [0.5, 0.6) is 0 Å². The van der Waals surface area contributed by atoms with E-state index in [0.717, 1.165) is 38.5 Å². The Hall–Kier alpha value is -2.40. The molecular formula is C24H26N2O2S. The zero-order valence-corrected chi connectivity index (χ0v) is 17.4. The average molecular weight is 407 g/mol. The minimum absolute atomic E-state index is 0.00719. The highest BCUT2D eigenvalue weighted by atomic mass is 32.2. The number of rotatable bonds is 6. The Kier molecular flexibility index (Phi) is 6.45. The normalized spacial score (nSPS) is 17.4. The van der Waals surface area contributed by atoms with Crippen molar-refractivity contribution in [3.05, 3.63) is 70.5 Å². The van der Waals surface area contributed by atoms with Crippen LogP contribution >= 0.6 is 11.8 Å². The van der Waals surface area contributed by atoms with Crippen molar-refractivity contribution in [2.75, 3.05) is 0 Å². The summed E-state index contributed by atoms with van der Waals surface area (Å²) in [7, 11) is 0. The topological polar surface area (TPSA) is 52.0 Å². The van der Waals surface area contributed by atoms with Gasteiger partial charge in [0.15, 0.2) is 5.16 Å². The highest BCUT2D eigenvalue weighted by Gasteiger charge is 2.24. The van der Waals surface area contributed by atoms with Gasteiger partial charge in [-0.1, -0.05) is 67.1 Å². The number of hydrogen-bond donors (Lipinski definition) is 0. The van der Waals surface area contributed by atoms with Crippen LogP contribution in [-0.4, -0.2) is 20.6 Å². The van der Waals surface area contributed by atoms with Crippen molar-refractivity contribution in [3.63, 3.8) is 0 Å². The van der Waals surface area contributed by atoms with Crippen LogP contribution in [0.25, 0.3) is 10.9 Å². The summed E-state index contributed by atoms with van der Waals surface area (Å²) in [6, 6.07) is 17.8. The van der Waals surface area contributed by atoms with Gasteiger partial charge in [-0.3, -0.25) is 14.2 Å². The maximum Gasteiger partial charge on any atom is 0.262 e. The molecule has 0 bridgehead atoms. The quantitative estimate of drug-likeness (QED) is 0.426. The lowest BCUT2D eigenvalue weighted by molar-refractivity contribution is -0.118. The van der Waals surface area contributed by atoms with Crippen LogP contribution < -0.4 is 5.56 Å². The average Bonchev–Trinajstić information content (AvgIpc) is 2.95. The van der Waals surface area contributed by atoms with Crippen LogP contribution in [0.3, 0.4) is 0 Å². The Morgan fingerprint density at radius 2 is 1.76 bits per heavy atom. The molecule has 1 fully saturated rings. The number of aryl methyl sites for hydroxylation is 1. The van der Waals surface area contributed by atoms with Crippen LogP contribution in [0, 0.1) is 0 Å². The van der Waals surface area contributed by atoms with Crippen molar-refractivity contribution < 1.29 is 4.79 Å². The summed E-state index contributed by atoms with van der Waals surface area (Å²) in [6.45, 7) is 0.606. The molecule has 150 valence electrons. The van der Waals surface area contributed by atoms with E-state index < -0.39 is 0 Å². The first kappa shape index (κ1) is 19.9. The van der Waals surface area contributed by atoms with Gasteiger partial charge in [0.05, 0.1) is 16.2 Å².